The predicted octanol–water partition coefficient (Wildman–Crippen LogP) is 6.47. The Balaban J connectivity index is 1.64. The molecule has 2 atom stereocenters. The number of carbonyl (C=O) groups excluding carboxylic acids is 1. The third-order valence-corrected chi connectivity index (χ3v) is 5.80. The van der Waals surface area contributed by atoms with E-state index in [1.807, 2.05) is 6.92 Å². The summed E-state index contributed by atoms with van der Waals surface area (Å²) in [5.41, 5.74) is 2.99. The molecule has 0 saturated heterocycles. The summed E-state index contributed by atoms with van der Waals surface area (Å²) in [5, 5.41) is 14.3. The molecule has 0 aliphatic carbocycles. The van der Waals surface area contributed by atoms with E-state index in [0.717, 1.165) is 24.0 Å². The van der Waals surface area contributed by atoms with Crippen molar-refractivity contribution >= 4 is 11.6 Å². The lowest BCUT2D eigenvalue weighted by Crippen LogP contribution is -2.27. The van der Waals surface area contributed by atoms with Crippen molar-refractivity contribution in [3.05, 3.63) is 92.9 Å². The quantitative estimate of drug-likeness (QED) is 0.282. The third kappa shape index (κ3) is 6.00. The van der Waals surface area contributed by atoms with Crippen LogP contribution in [-0.4, -0.2) is 10.8 Å². The highest BCUT2D eigenvalue weighted by atomic mass is 16.6. The molecule has 3 aromatic rings. The minimum Gasteiger partial charge on any atom is -0.479 e. The summed E-state index contributed by atoms with van der Waals surface area (Å²) in [4.78, 5) is 23.5. The number of amides is 1. The number of carbonyl (C=O) groups is 1. The number of furan rings is 1. The van der Waals surface area contributed by atoms with Gasteiger partial charge < -0.3 is 14.5 Å². The van der Waals surface area contributed by atoms with Gasteiger partial charge in [-0.05, 0) is 60.6 Å². The number of hydrogen-bond donors (Lipinski definition) is 1. The molecule has 2 unspecified atom stereocenters. The first-order valence-corrected chi connectivity index (χ1v) is 11.2. The van der Waals surface area contributed by atoms with Crippen LogP contribution in [0.2, 0.25) is 0 Å². The van der Waals surface area contributed by atoms with E-state index >= 15 is 0 Å². The fourth-order valence-electron chi connectivity index (χ4n) is 3.56. The van der Waals surface area contributed by atoms with Crippen LogP contribution in [0.25, 0.3) is 0 Å². The van der Waals surface area contributed by atoms with Gasteiger partial charge in [0.05, 0.1) is 11.0 Å². The molecule has 0 fully saturated rings. The molecule has 1 amide bonds. The van der Waals surface area contributed by atoms with Crippen LogP contribution < -0.4 is 10.1 Å². The summed E-state index contributed by atoms with van der Waals surface area (Å²) >= 11 is 0. The molecule has 0 saturated carbocycles. The molecule has 3 rings (SSSR count). The van der Waals surface area contributed by atoms with Gasteiger partial charge in [0, 0.05) is 6.07 Å². The van der Waals surface area contributed by atoms with Gasteiger partial charge in [0.25, 0.3) is 5.91 Å². The number of benzene rings is 2. The molecule has 1 heterocycles. The number of rotatable bonds is 10. The number of nitrogens with one attached hydrogen (secondary N) is 1. The van der Waals surface area contributed by atoms with Gasteiger partial charge in [0.2, 0.25) is 0 Å². The van der Waals surface area contributed by atoms with E-state index in [1.54, 1.807) is 31.2 Å². The largest absolute Gasteiger partial charge is 0.479 e. The van der Waals surface area contributed by atoms with Crippen molar-refractivity contribution in [2.45, 2.75) is 59.1 Å². The molecule has 174 valence electrons. The van der Waals surface area contributed by atoms with Crippen LogP contribution in [-0.2, 0) is 6.61 Å². The number of nitro groups is 1. The van der Waals surface area contributed by atoms with E-state index in [2.05, 4.69) is 43.4 Å². The van der Waals surface area contributed by atoms with Crippen LogP contribution in [0.15, 0.2) is 59.0 Å². The van der Waals surface area contributed by atoms with Crippen molar-refractivity contribution in [2.24, 2.45) is 0 Å². The number of nitro benzene ring substituents is 1. The molecule has 2 aromatic carbocycles. The van der Waals surface area contributed by atoms with Crippen LogP contribution in [0.1, 0.15) is 78.6 Å². The molecule has 0 bridgehead atoms. The molecular formula is C26H30N2O5. The van der Waals surface area contributed by atoms with Crippen molar-refractivity contribution in [3.63, 3.8) is 0 Å². The van der Waals surface area contributed by atoms with Crippen molar-refractivity contribution in [1.29, 1.82) is 0 Å². The molecule has 0 spiro atoms. The fraction of sp³-hybridized carbons (Fsp3) is 0.346. The van der Waals surface area contributed by atoms with Gasteiger partial charge in [0.15, 0.2) is 11.5 Å². The van der Waals surface area contributed by atoms with Crippen molar-refractivity contribution in [1.82, 2.24) is 5.32 Å². The first-order valence-electron chi connectivity index (χ1n) is 11.2. The van der Waals surface area contributed by atoms with E-state index in [4.69, 9.17) is 9.15 Å². The van der Waals surface area contributed by atoms with Crippen LogP contribution in [0, 0.1) is 17.0 Å². The van der Waals surface area contributed by atoms with Gasteiger partial charge in [-0.2, -0.15) is 0 Å². The Labute approximate surface area is 193 Å². The first-order chi connectivity index (χ1) is 15.8. The summed E-state index contributed by atoms with van der Waals surface area (Å²) in [6.07, 6.45) is 1.82. The number of ether oxygens (including phenoxy) is 1. The minimum atomic E-state index is -0.482. The maximum Gasteiger partial charge on any atom is 0.311 e. The van der Waals surface area contributed by atoms with Gasteiger partial charge in [-0.25, -0.2) is 0 Å². The highest BCUT2D eigenvalue weighted by Gasteiger charge is 2.19. The minimum absolute atomic E-state index is 0.0224. The Morgan fingerprint density at radius 3 is 2.39 bits per heavy atom. The summed E-state index contributed by atoms with van der Waals surface area (Å²) in [5.74, 6) is 0.904. The summed E-state index contributed by atoms with van der Waals surface area (Å²) in [7, 11) is 0. The molecule has 1 aromatic heterocycles. The highest BCUT2D eigenvalue weighted by molar-refractivity contribution is 5.91. The normalized spacial score (nSPS) is 12.7. The van der Waals surface area contributed by atoms with E-state index in [1.165, 1.54) is 11.6 Å². The zero-order chi connectivity index (χ0) is 24.0. The van der Waals surface area contributed by atoms with Crippen molar-refractivity contribution in [3.8, 4) is 5.75 Å². The monoisotopic (exact) mass is 450 g/mol. The zero-order valence-corrected chi connectivity index (χ0v) is 19.5. The average Bonchev–Trinajstić information content (AvgIpc) is 3.30. The molecule has 33 heavy (non-hydrogen) atoms. The standard InChI is InChI=1S/C26H30N2O5/c1-5-18(4)19-8-10-20(11-9-19)22(6-2)27-26(29)25-14-12-21(33-25)16-32-24-13-7-17(3)15-23(24)28(30)31/h7-15,18,22H,5-6,16H2,1-4H3,(H,27,29). The van der Waals surface area contributed by atoms with Crippen LogP contribution >= 0.6 is 0 Å². The smallest absolute Gasteiger partial charge is 0.311 e. The second-order valence-corrected chi connectivity index (χ2v) is 8.19. The topological polar surface area (TPSA) is 94.6 Å². The van der Waals surface area contributed by atoms with Crippen LogP contribution in [0.4, 0.5) is 5.69 Å². The first kappa shape index (κ1) is 24.0. The Bertz CT molecular complexity index is 1100. The maximum atomic E-state index is 12.7. The second kappa shape index (κ2) is 10.8. The van der Waals surface area contributed by atoms with Crippen LogP contribution in [0.5, 0.6) is 5.75 Å². The van der Waals surface area contributed by atoms with E-state index in [0.29, 0.717) is 11.7 Å². The molecule has 0 aliphatic heterocycles. The van der Waals surface area contributed by atoms with Crippen molar-refractivity contribution in [2.75, 3.05) is 0 Å². The zero-order valence-electron chi connectivity index (χ0n) is 19.5. The predicted molar refractivity (Wildman–Crippen MR) is 127 cm³/mol. The Kier molecular flexibility index (Phi) is 7.87. The number of aryl methyl sites for hydroxylation is 1. The maximum absolute atomic E-state index is 12.7. The molecule has 0 aliphatic rings. The molecule has 7 heteroatoms. The third-order valence-electron chi connectivity index (χ3n) is 5.80. The van der Waals surface area contributed by atoms with Crippen LogP contribution in [0.3, 0.4) is 0 Å². The lowest BCUT2D eigenvalue weighted by atomic mass is 9.95. The Morgan fingerprint density at radius 1 is 1.06 bits per heavy atom. The van der Waals surface area contributed by atoms with Gasteiger partial charge in [-0.3, -0.25) is 14.9 Å². The Morgan fingerprint density at radius 2 is 1.76 bits per heavy atom. The van der Waals surface area contributed by atoms with Gasteiger partial charge in [0.1, 0.15) is 12.4 Å². The highest BCUT2D eigenvalue weighted by Crippen LogP contribution is 2.29. The molecule has 1 N–H and O–H groups in total. The van der Waals surface area contributed by atoms with Gasteiger partial charge in [-0.15, -0.1) is 0 Å². The van der Waals surface area contributed by atoms with E-state index in [9.17, 15) is 14.9 Å². The number of hydrogen-bond acceptors (Lipinski definition) is 5. The average molecular weight is 451 g/mol. The molecular weight excluding hydrogens is 420 g/mol. The number of nitrogens with zero attached hydrogens (tertiary/aromatic N) is 1. The van der Waals surface area contributed by atoms with E-state index < -0.39 is 4.92 Å². The summed E-state index contributed by atoms with van der Waals surface area (Å²) in [6, 6.07) is 16.2. The lowest BCUT2D eigenvalue weighted by Gasteiger charge is -2.18. The fourth-order valence-corrected chi connectivity index (χ4v) is 3.56. The summed E-state index contributed by atoms with van der Waals surface area (Å²) < 4.78 is 11.2. The Hall–Kier alpha value is -3.61. The van der Waals surface area contributed by atoms with Crippen molar-refractivity contribution < 1.29 is 18.9 Å². The molecule has 7 nitrogen and oxygen atoms in total. The lowest BCUT2D eigenvalue weighted by molar-refractivity contribution is -0.386. The summed E-state index contributed by atoms with van der Waals surface area (Å²) in [6.45, 7) is 8.13. The van der Waals surface area contributed by atoms with Gasteiger partial charge in [-0.1, -0.05) is 51.1 Å². The SMILES string of the molecule is CCC(C)c1ccc(C(CC)NC(=O)c2ccc(COc3ccc(C)cc3[N+](=O)[O-])o2)cc1. The van der Waals surface area contributed by atoms with E-state index in [-0.39, 0.29) is 35.8 Å². The second-order valence-electron chi connectivity index (χ2n) is 8.19. The molecule has 0 radical (unpaired) electrons. The van der Waals surface area contributed by atoms with Gasteiger partial charge >= 0.3 is 5.69 Å².